The second-order valence-electron chi connectivity index (χ2n) is 6.26. The van der Waals surface area contributed by atoms with Gasteiger partial charge in [-0.1, -0.05) is 10.5 Å². The van der Waals surface area contributed by atoms with Gasteiger partial charge in [-0.15, -0.1) is 0 Å². The molecule has 1 aromatic carbocycles. The molecular formula is C20H25N3O6S. The highest BCUT2D eigenvalue weighted by molar-refractivity contribution is 7.89. The first-order valence-corrected chi connectivity index (χ1v) is 10.7. The predicted octanol–water partition coefficient (Wildman–Crippen LogP) is 1.86. The number of hydrogen-bond donors (Lipinski definition) is 0. The molecular weight excluding hydrogens is 410 g/mol. The quantitative estimate of drug-likeness (QED) is 0.414. The summed E-state index contributed by atoms with van der Waals surface area (Å²) in [7, 11) is -1.29. The van der Waals surface area contributed by atoms with Gasteiger partial charge in [-0.2, -0.15) is 0 Å². The normalized spacial score (nSPS) is 11.3. The zero-order valence-corrected chi connectivity index (χ0v) is 18.0. The van der Waals surface area contributed by atoms with Gasteiger partial charge in [0.2, 0.25) is 0 Å². The van der Waals surface area contributed by atoms with Crippen molar-refractivity contribution in [1.29, 1.82) is 0 Å². The van der Waals surface area contributed by atoms with E-state index in [4.69, 9.17) is 9.57 Å². The molecule has 0 radical (unpaired) electrons. The van der Waals surface area contributed by atoms with E-state index in [0.29, 0.717) is 5.56 Å². The van der Waals surface area contributed by atoms with Gasteiger partial charge in [0.05, 0.1) is 25.0 Å². The lowest BCUT2D eigenvalue weighted by molar-refractivity contribution is -0.143. The third-order valence-corrected chi connectivity index (χ3v) is 5.96. The van der Waals surface area contributed by atoms with E-state index in [1.807, 2.05) is 6.07 Å². The number of carbonyl (C=O) groups is 2. The van der Waals surface area contributed by atoms with Gasteiger partial charge < -0.3 is 9.64 Å². The van der Waals surface area contributed by atoms with Gasteiger partial charge in [0.1, 0.15) is 0 Å². The molecule has 162 valence electrons. The fourth-order valence-electron chi connectivity index (χ4n) is 2.62. The molecule has 0 saturated heterocycles. The SMILES string of the molecule is CCOC(=O)CCN(Cc1cccnc1)C(=O)c1ccc(S(=O)(=O)N(C)OC)cc1. The number of pyridine rings is 1. The number of ether oxygens (including phenoxy) is 1. The number of sulfonamides is 1. The zero-order valence-electron chi connectivity index (χ0n) is 17.1. The van der Waals surface area contributed by atoms with Crippen LogP contribution in [0.1, 0.15) is 29.3 Å². The van der Waals surface area contributed by atoms with Crippen LogP contribution in [0.4, 0.5) is 0 Å². The first-order valence-electron chi connectivity index (χ1n) is 9.26. The Kier molecular flexibility index (Phi) is 8.46. The number of amides is 1. The number of rotatable bonds is 10. The summed E-state index contributed by atoms with van der Waals surface area (Å²) in [6.45, 7) is 2.38. The van der Waals surface area contributed by atoms with Gasteiger partial charge in [-0.3, -0.25) is 19.4 Å². The highest BCUT2D eigenvalue weighted by Gasteiger charge is 2.22. The molecule has 1 amide bonds. The summed E-state index contributed by atoms with van der Waals surface area (Å²) in [5, 5.41) is 0. The van der Waals surface area contributed by atoms with Crippen LogP contribution in [-0.4, -0.2) is 62.0 Å². The van der Waals surface area contributed by atoms with Crippen molar-refractivity contribution in [3.63, 3.8) is 0 Å². The second-order valence-corrected chi connectivity index (χ2v) is 8.20. The Hall–Kier alpha value is -2.82. The van der Waals surface area contributed by atoms with E-state index in [9.17, 15) is 18.0 Å². The number of hydroxylamine groups is 1. The minimum absolute atomic E-state index is 0.00580. The van der Waals surface area contributed by atoms with Crippen LogP contribution in [0, 0.1) is 0 Å². The molecule has 1 heterocycles. The number of esters is 1. The molecule has 0 spiro atoms. The summed E-state index contributed by atoms with van der Waals surface area (Å²) in [5.74, 6) is -0.738. The van der Waals surface area contributed by atoms with Crippen LogP contribution in [0.3, 0.4) is 0 Å². The third kappa shape index (κ3) is 6.09. The standard InChI is InChI=1S/C20H25N3O6S/c1-4-29-19(24)11-13-23(15-16-6-5-12-21-14-16)20(25)17-7-9-18(10-8-17)30(26,27)22(2)28-3/h5-10,12,14H,4,11,13,15H2,1-3H3. The van der Waals surface area contributed by atoms with Crippen LogP contribution in [0.25, 0.3) is 0 Å². The second kappa shape index (κ2) is 10.8. The average Bonchev–Trinajstić information content (AvgIpc) is 2.76. The van der Waals surface area contributed by atoms with Crippen molar-refractivity contribution < 1.29 is 27.6 Å². The number of aromatic nitrogens is 1. The van der Waals surface area contributed by atoms with Gasteiger partial charge in [-0.25, -0.2) is 8.42 Å². The van der Waals surface area contributed by atoms with Gasteiger partial charge in [0.25, 0.3) is 15.9 Å². The summed E-state index contributed by atoms with van der Waals surface area (Å²) in [6, 6.07) is 9.12. The summed E-state index contributed by atoms with van der Waals surface area (Å²) >= 11 is 0. The molecule has 1 aromatic heterocycles. The van der Waals surface area contributed by atoms with Crippen molar-refractivity contribution in [3.05, 3.63) is 59.9 Å². The Bertz CT molecular complexity index is 948. The maximum atomic E-state index is 13.0. The molecule has 2 rings (SSSR count). The van der Waals surface area contributed by atoms with Crippen LogP contribution in [0.15, 0.2) is 53.7 Å². The van der Waals surface area contributed by atoms with E-state index in [1.165, 1.54) is 43.3 Å². The fraction of sp³-hybridized carbons (Fsp3) is 0.350. The van der Waals surface area contributed by atoms with E-state index in [0.717, 1.165) is 10.0 Å². The van der Waals surface area contributed by atoms with E-state index in [-0.39, 0.29) is 36.9 Å². The number of hydrogen-bond acceptors (Lipinski definition) is 7. The topological polar surface area (TPSA) is 106 Å². The van der Waals surface area contributed by atoms with Crippen molar-refractivity contribution in [2.75, 3.05) is 27.3 Å². The van der Waals surface area contributed by atoms with Crippen LogP contribution in [0.5, 0.6) is 0 Å². The van der Waals surface area contributed by atoms with Gasteiger partial charge >= 0.3 is 5.97 Å². The van der Waals surface area contributed by atoms with Crippen LogP contribution in [-0.2, 0) is 30.9 Å². The lowest BCUT2D eigenvalue weighted by atomic mass is 10.1. The molecule has 0 unspecified atom stereocenters. The highest BCUT2D eigenvalue weighted by atomic mass is 32.2. The summed E-state index contributed by atoms with van der Waals surface area (Å²) in [5.41, 5.74) is 1.09. The minimum atomic E-state index is -3.81. The molecule has 0 aliphatic heterocycles. The lowest BCUT2D eigenvalue weighted by Crippen LogP contribution is -2.33. The molecule has 0 saturated carbocycles. The third-order valence-electron chi connectivity index (χ3n) is 4.27. The molecule has 0 aliphatic rings. The van der Waals surface area contributed by atoms with Crippen molar-refractivity contribution in [3.8, 4) is 0 Å². The number of nitrogens with zero attached hydrogens (tertiary/aromatic N) is 3. The molecule has 30 heavy (non-hydrogen) atoms. The van der Waals surface area contributed by atoms with E-state index in [2.05, 4.69) is 4.98 Å². The van der Waals surface area contributed by atoms with Gasteiger partial charge in [0, 0.05) is 38.1 Å². The highest BCUT2D eigenvalue weighted by Crippen LogP contribution is 2.17. The lowest BCUT2D eigenvalue weighted by Gasteiger charge is -2.23. The van der Waals surface area contributed by atoms with Crippen LogP contribution < -0.4 is 0 Å². The molecule has 0 atom stereocenters. The molecule has 0 aliphatic carbocycles. The van der Waals surface area contributed by atoms with Crippen molar-refractivity contribution in [1.82, 2.24) is 14.4 Å². The Morgan fingerprint density at radius 3 is 2.40 bits per heavy atom. The van der Waals surface area contributed by atoms with Crippen LogP contribution >= 0.6 is 0 Å². The molecule has 0 bridgehead atoms. The zero-order chi connectivity index (χ0) is 22.1. The minimum Gasteiger partial charge on any atom is -0.466 e. The first kappa shape index (κ1) is 23.5. The number of carbonyl (C=O) groups excluding carboxylic acids is 2. The molecule has 2 aromatic rings. The Morgan fingerprint density at radius 1 is 1.13 bits per heavy atom. The maximum Gasteiger partial charge on any atom is 0.307 e. The summed E-state index contributed by atoms with van der Waals surface area (Å²) in [6.07, 6.45) is 3.32. The van der Waals surface area contributed by atoms with Gasteiger partial charge in [-0.05, 0) is 42.8 Å². The molecule has 9 nitrogen and oxygen atoms in total. The monoisotopic (exact) mass is 435 g/mol. The smallest absolute Gasteiger partial charge is 0.307 e. The van der Waals surface area contributed by atoms with Crippen molar-refractivity contribution >= 4 is 21.9 Å². The maximum absolute atomic E-state index is 13.0. The van der Waals surface area contributed by atoms with Crippen molar-refractivity contribution in [2.45, 2.75) is 24.8 Å². The Labute approximate surface area is 176 Å². The molecule has 10 heteroatoms. The molecule has 0 N–H and O–H groups in total. The average molecular weight is 436 g/mol. The van der Waals surface area contributed by atoms with E-state index < -0.39 is 16.0 Å². The van der Waals surface area contributed by atoms with E-state index in [1.54, 1.807) is 25.4 Å². The largest absolute Gasteiger partial charge is 0.466 e. The van der Waals surface area contributed by atoms with Crippen LogP contribution in [0.2, 0.25) is 0 Å². The summed E-state index contributed by atoms with van der Waals surface area (Å²) < 4.78 is 30.3. The Morgan fingerprint density at radius 2 is 1.83 bits per heavy atom. The van der Waals surface area contributed by atoms with E-state index >= 15 is 0 Å². The first-order chi connectivity index (χ1) is 14.3. The fourth-order valence-corrected chi connectivity index (χ4v) is 3.60. The Balaban J connectivity index is 2.22. The van der Waals surface area contributed by atoms with Crippen molar-refractivity contribution in [2.24, 2.45) is 0 Å². The molecule has 0 fully saturated rings. The predicted molar refractivity (Wildman–Crippen MR) is 109 cm³/mol. The summed E-state index contributed by atoms with van der Waals surface area (Å²) in [4.78, 5) is 35.1. The van der Waals surface area contributed by atoms with Gasteiger partial charge in [0.15, 0.2) is 0 Å². The number of benzene rings is 1.